The second kappa shape index (κ2) is 4.85. The van der Waals surface area contributed by atoms with Gasteiger partial charge in [0.15, 0.2) is 11.5 Å². The first-order chi connectivity index (χ1) is 9.97. The van der Waals surface area contributed by atoms with E-state index in [1.54, 1.807) is 43.3 Å². The number of hydrogen-bond donors (Lipinski definition) is 2. The molecule has 0 atom stereocenters. The predicted octanol–water partition coefficient (Wildman–Crippen LogP) is 2.11. The number of hydrogen-bond acceptors (Lipinski definition) is 5. The number of ether oxygens (including phenoxy) is 2. The first-order valence-electron chi connectivity index (χ1n) is 6.25. The smallest absolute Gasteiger partial charge is 0.264 e. The van der Waals surface area contributed by atoms with Gasteiger partial charge in [-0.15, -0.1) is 0 Å². The van der Waals surface area contributed by atoms with Gasteiger partial charge in [0, 0.05) is 6.07 Å². The molecule has 0 fully saturated rings. The van der Waals surface area contributed by atoms with Crippen LogP contribution in [-0.4, -0.2) is 15.2 Å². The van der Waals surface area contributed by atoms with Crippen LogP contribution in [0.3, 0.4) is 0 Å². The molecular weight excluding hydrogens is 292 g/mol. The van der Waals surface area contributed by atoms with Gasteiger partial charge in [0.25, 0.3) is 10.0 Å². The number of benzene rings is 2. The summed E-state index contributed by atoms with van der Waals surface area (Å²) >= 11 is 0. The van der Waals surface area contributed by atoms with Gasteiger partial charge in [-0.1, -0.05) is 12.1 Å². The van der Waals surface area contributed by atoms with Crippen LogP contribution >= 0.6 is 0 Å². The van der Waals surface area contributed by atoms with Crippen molar-refractivity contribution in [3.05, 3.63) is 42.0 Å². The van der Waals surface area contributed by atoms with Crippen LogP contribution in [0.1, 0.15) is 5.56 Å². The number of aryl methyl sites for hydroxylation is 1. The topological polar surface area (TPSA) is 90.7 Å². The summed E-state index contributed by atoms with van der Waals surface area (Å²) in [6.07, 6.45) is 0. The third-order valence-electron chi connectivity index (χ3n) is 3.14. The fraction of sp³-hybridized carbons (Fsp3) is 0.143. The third kappa shape index (κ3) is 2.47. The summed E-state index contributed by atoms with van der Waals surface area (Å²) in [5.41, 5.74) is 6.98. The van der Waals surface area contributed by atoms with E-state index in [0.717, 1.165) is 0 Å². The molecule has 110 valence electrons. The van der Waals surface area contributed by atoms with Crippen LogP contribution in [0.25, 0.3) is 0 Å². The lowest BCUT2D eigenvalue weighted by molar-refractivity contribution is 0.174. The van der Waals surface area contributed by atoms with Gasteiger partial charge in [-0.25, -0.2) is 8.42 Å². The van der Waals surface area contributed by atoms with Crippen LogP contribution in [0.2, 0.25) is 0 Å². The van der Waals surface area contributed by atoms with Gasteiger partial charge in [-0.3, -0.25) is 4.72 Å². The molecule has 21 heavy (non-hydrogen) atoms. The van der Waals surface area contributed by atoms with E-state index in [0.29, 0.717) is 22.7 Å². The summed E-state index contributed by atoms with van der Waals surface area (Å²) in [7, 11) is -3.76. The number of sulfonamides is 1. The highest BCUT2D eigenvalue weighted by atomic mass is 32.2. The summed E-state index contributed by atoms with van der Waals surface area (Å²) < 4.78 is 37.9. The summed E-state index contributed by atoms with van der Waals surface area (Å²) in [6, 6.07) is 9.81. The Labute approximate surface area is 122 Å². The number of nitrogen functional groups attached to an aromatic ring is 1. The Morgan fingerprint density at radius 1 is 1.14 bits per heavy atom. The van der Waals surface area contributed by atoms with E-state index < -0.39 is 10.0 Å². The molecule has 1 heterocycles. The standard InChI is InChI=1S/C14H14N2O4S/c1-9-3-2-4-11(15)14(9)21(17,18)16-10-5-6-12-13(7-10)20-8-19-12/h2-7,16H,8,15H2,1H3. The highest BCUT2D eigenvalue weighted by Gasteiger charge is 2.21. The lowest BCUT2D eigenvalue weighted by Crippen LogP contribution is -2.16. The number of rotatable bonds is 3. The van der Waals surface area contributed by atoms with E-state index in [1.807, 2.05) is 0 Å². The van der Waals surface area contributed by atoms with Crippen molar-refractivity contribution in [3.8, 4) is 11.5 Å². The first kappa shape index (κ1) is 13.6. The Kier molecular flexibility index (Phi) is 3.13. The molecule has 0 spiro atoms. The maximum atomic E-state index is 12.5. The molecule has 0 saturated heterocycles. The number of nitrogens with one attached hydrogen (secondary N) is 1. The van der Waals surface area contributed by atoms with Crippen molar-refractivity contribution >= 4 is 21.4 Å². The summed E-state index contributed by atoms with van der Waals surface area (Å²) in [5.74, 6) is 1.10. The molecule has 0 radical (unpaired) electrons. The Hall–Kier alpha value is -2.41. The summed E-state index contributed by atoms with van der Waals surface area (Å²) in [4.78, 5) is 0.0858. The molecule has 1 aliphatic rings. The molecule has 2 aromatic carbocycles. The molecule has 7 heteroatoms. The lowest BCUT2D eigenvalue weighted by Gasteiger charge is -2.12. The first-order valence-corrected chi connectivity index (χ1v) is 7.73. The fourth-order valence-corrected chi connectivity index (χ4v) is 3.62. The van der Waals surface area contributed by atoms with Gasteiger partial charge < -0.3 is 15.2 Å². The number of nitrogens with two attached hydrogens (primary N) is 1. The Balaban J connectivity index is 1.97. The monoisotopic (exact) mass is 306 g/mol. The van der Waals surface area contributed by atoms with Crippen LogP contribution in [0.5, 0.6) is 11.5 Å². The maximum absolute atomic E-state index is 12.5. The van der Waals surface area contributed by atoms with Crippen molar-refractivity contribution in [3.63, 3.8) is 0 Å². The zero-order chi connectivity index (χ0) is 15.0. The van der Waals surface area contributed by atoms with Gasteiger partial charge in [0.2, 0.25) is 6.79 Å². The average Bonchev–Trinajstić information content (AvgIpc) is 2.85. The van der Waals surface area contributed by atoms with Gasteiger partial charge in [0.1, 0.15) is 4.90 Å². The summed E-state index contributed by atoms with van der Waals surface area (Å²) in [5, 5.41) is 0. The molecule has 1 aliphatic heterocycles. The molecule has 3 rings (SSSR count). The van der Waals surface area contributed by atoms with E-state index in [4.69, 9.17) is 15.2 Å². The highest BCUT2D eigenvalue weighted by molar-refractivity contribution is 7.93. The zero-order valence-electron chi connectivity index (χ0n) is 11.3. The molecule has 0 bridgehead atoms. The van der Waals surface area contributed by atoms with Crippen LogP contribution in [0, 0.1) is 6.92 Å². The minimum atomic E-state index is -3.76. The molecule has 0 aliphatic carbocycles. The van der Waals surface area contributed by atoms with Crippen LogP contribution in [0.4, 0.5) is 11.4 Å². The molecule has 6 nitrogen and oxygen atoms in total. The predicted molar refractivity (Wildman–Crippen MR) is 79.0 cm³/mol. The Morgan fingerprint density at radius 3 is 2.67 bits per heavy atom. The Morgan fingerprint density at radius 2 is 1.90 bits per heavy atom. The molecule has 0 aromatic heterocycles. The molecule has 0 unspecified atom stereocenters. The van der Waals surface area contributed by atoms with Crippen molar-refractivity contribution in [1.82, 2.24) is 0 Å². The van der Waals surface area contributed by atoms with Gasteiger partial charge in [0.05, 0.1) is 11.4 Å². The van der Waals surface area contributed by atoms with Crippen molar-refractivity contribution in [2.24, 2.45) is 0 Å². The normalized spacial score (nSPS) is 13.2. The van der Waals surface area contributed by atoms with Crippen molar-refractivity contribution in [2.45, 2.75) is 11.8 Å². The molecule has 2 aromatic rings. The zero-order valence-corrected chi connectivity index (χ0v) is 12.1. The Bertz CT molecular complexity index is 782. The average molecular weight is 306 g/mol. The summed E-state index contributed by atoms with van der Waals surface area (Å²) in [6.45, 7) is 1.83. The minimum absolute atomic E-state index is 0.0858. The minimum Gasteiger partial charge on any atom is -0.454 e. The molecule has 0 amide bonds. The molecular formula is C14H14N2O4S. The van der Waals surface area contributed by atoms with Gasteiger partial charge in [-0.05, 0) is 30.7 Å². The molecule has 3 N–H and O–H groups in total. The quantitative estimate of drug-likeness (QED) is 0.848. The van der Waals surface area contributed by atoms with E-state index in [2.05, 4.69) is 4.72 Å². The van der Waals surface area contributed by atoms with Crippen LogP contribution in [-0.2, 0) is 10.0 Å². The van der Waals surface area contributed by atoms with Crippen molar-refractivity contribution < 1.29 is 17.9 Å². The van der Waals surface area contributed by atoms with E-state index >= 15 is 0 Å². The second-order valence-electron chi connectivity index (χ2n) is 4.67. The van der Waals surface area contributed by atoms with Crippen LogP contribution in [0.15, 0.2) is 41.3 Å². The lowest BCUT2D eigenvalue weighted by atomic mass is 10.2. The highest BCUT2D eigenvalue weighted by Crippen LogP contribution is 2.35. The number of anilines is 2. The SMILES string of the molecule is Cc1cccc(N)c1S(=O)(=O)Nc1ccc2c(c1)OCO2. The van der Waals surface area contributed by atoms with E-state index in [9.17, 15) is 8.42 Å². The van der Waals surface area contributed by atoms with Gasteiger partial charge in [-0.2, -0.15) is 0 Å². The van der Waals surface area contributed by atoms with E-state index in [-0.39, 0.29) is 17.4 Å². The molecule has 0 saturated carbocycles. The second-order valence-corrected chi connectivity index (χ2v) is 6.29. The van der Waals surface area contributed by atoms with Crippen LogP contribution < -0.4 is 19.9 Å². The fourth-order valence-electron chi connectivity index (χ4n) is 2.21. The van der Waals surface area contributed by atoms with Crippen molar-refractivity contribution in [2.75, 3.05) is 17.2 Å². The maximum Gasteiger partial charge on any atom is 0.264 e. The number of fused-ring (bicyclic) bond motifs is 1. The van der Waals surface area contributed by atoms with Crippen molar-refractivity contribution in [1.29, 1.82) is 0 Å². The third-order valence-corrected chi connectivity index (χ3v) is 4.74. The van der Waals surface area contributed by atoms with E-state index in [1.165, 1.54) is 0 Å². The largest absolute Gasteiger partial charge is 0.454 e. The van der Waals surface area contributed by atoms with Gasteiger partial charge >= 0.3 is 0 Å².